The van der Waals surface area contributed by atoms with Gasteiger partial charge < -0.3 is 0 Å². The fraction of sp³-hybridized carbons (Fsp3) is 0.733. The first-order valence-corrected chi connectivity index (χ1v) is 9.29. The van der Waals surface area contributed by atoms with Gasteiger partial charge in [-0.2, -0.15) is 0 Å². The summed E-state index contributed by atoms with van der Waals surface area (Å²) in [4.78, 5) is 0. The number of allylic oxidation sites excluding steroid dienone is 2. The molecular formula is C15H30P2. The molecule has 0 N–H and O–H groups in total. The van der Waals surface area contributed by atoms with Crippen LogP contribution in [0, 0.1) is 0 Å². The molecule has 0 rings (SSSR count). The van der Waals surface area contributed by atoms with Crippen molar-refractivity contribution in [2.24, 2.45) is 0 Å². The minimum atomic E-state index is -0.123. The van der Waals surface area contributed by atoms with Gasteiger partial charge in [0.25, 0.3) is 0 Å². The second-order valence-electron chi connectivity index (χ2n) is 6.81. The largest absolute Gasteiger partial charge is 0.0956 e. The molecule has 0 aromatic carbocycles. The molecule has 0 heterocycles. The van der Waals surface area contributed by atoms with E-state index in [0.29, 0.717) is 10.3 Å². The lowest BCUT2D eigenvalue weighted by atomic mass is 10.3. The van der Waals surface area contributed by atoms with E-state index in [1.165, 1.54) is 16.5 Å². The zero-order valence-electron chi connectivity index (χ0n) is 13.0. The average Bonchev–Trinajstić information content (AvgIpc) is 1.96. The van der Waals surface area contributed by atoms with Crippen LogP contribution in [-0.4, -0.2) is 16.2 Å². The minimum absolute atomic E-state index is 0.123. The molecule has 0 saturated carbocycles. The fourth-order valence-corrected chi connectivity index (χ4v) is 10.7. The SMILES string of the molecule is C=C(C)P(CP(C(=C)C)C(C)(C)C)C(C)(C)C. The molecule has 0 aromatic rings. The lowest BCUT2D eigenvalue weighted by Crippen LogP contribution is -2.18. The van der Waals surface area contributed by atoms with Crippen LogP contribution in [0.3, 0.4) is 0 Å². The normalized spacial score (nSPS) is 16.5. The highest BCUT2D eigenvalue weighted by atomic mass is 31.2. The van der Waals surface area contributed by atoms with Crippen molar-refractivity contribution < 1.29 is 0 Å². The Balaban J connectivity index is 5.09. The van der Waals surface area contributed by atoms with Crippen LogP contribution in [0.25, 0.3) is 0 Å². The lowest BCUT2D eigenvalue weighted by molar-refractivity contribution is 0.778. The van der Waals surface area contributed by atoms with Crippen molar-refractivity contribution in [3.63, 3.8) is 0 Å². The van der Waals surface area contributed by atoms with Crippen LogP contribution in [0.15, 0.2) is 23.8 Å². The molecule has 0 saturated heterocycles. The van der Waals surface area contributed by atoms with Crippen molar-refractivity contribution in [1.82, 2.24) is 0 Å². The van der Waals surface area contributed by atoms with Crippen molar-refractivity contribution in [3.8, 4) is 0 Å². The molecule has 0 spiro atoms. The molecule has 0 aliphatic rings. The Kier molecular flexibility index (Phi) is 6.11. The second kappa shape index (κ2) is 5.99. The summed E-state index contributed by atoms with van der Waals surface area (Å²) in [6, 6.07) is 0. The standard InChI is InChI=1S/C15H30P2/c1-12(2)16(14(5,6)7)11-17(13(3)4)15(8,9)10/h1,3,11H2,2,4-10H3. The fourth-order valence-electron chi connectivity index (χ4n) is 1.95. The molecule has 0 radical (unpaired) electrons. The van der Waals surface area contributed by atoms with E-state index in [9.17, 15) is 0 Å². The summed E-state index contributed by atoms with van der Waals surface area (Å²) < 4.78 is 0. The van der Waals surface area contributed by atoms with Gasteiger partial charge in [0.1, 0.15) is 0 Å². The van der Waals surface area contributed by atoms with E-state index in [-0.39, 0.29) is 15.8 Å². The van der Waals surface area contributed by atoms with E-state index in [2.05, 4.69) is 68.5 Å². The van der Waals surface area contributed by atoms with Crippen molar-refractivity contribution in [2.75, 3.05) is 5.90 Å². The molecule has 0 nitrogen and oxygen atoms in total. The predicted octanol–water partition coefficient (Wildman–Crippen LogP) is 6.57. The van der Waals surface area contributed by atoms with E-state index in [1.807, 2.05) is 0 Å². The van der Waals surface area contributed by atoms with Crippen LogP contribution in [-0.2, 0) is 0 Å². The number of hydrogen-bond donors (Lipinski definition) is 0. The van der Waals surface area contributed by atoms with Crippen LogP contribution in [0.2, 0.25) is 0 Å². The quantitative estimate of drug-likeness (QED) is 0.507. The summed E-state index contributed by atoms with van der Waals surface area (Å²) >= 11 is 0. The molecular weight excluding hydrogens is 242 g/mol. The molecule has 0 aliphatic carbocycles. The summed E-state index contributed by atoms with van der Waals surface area (Å²) in [6.45, 7) is 26.9. The van der Waals surface area contributed by atoms with Crippen LogP contribution in [0.5, 0.6) is 0 Å². The smallest absolute Gasteiger partial charge is 0.00372 e. The summed E-state index contributed by atoms with van der Waals surface area (Å²) in [5, 5.41) is 3.49. The summed E-state index contributed by atoms with van der Waals surface area (Å²) in [5.41, 5.74) is 0. The van der Waals surface area contributed by atoms with Gasteiger partial charge in [-0.25, -0.2) is 0 Å². The first-order valence-electron chi connectivity index (χ1n) is 6.23. The van der Waals surface area contributed by atoms with Crippen LogP contribution in [0.1, 0.15) is 55.4 Å². The van der Waals surface area contributed by atoms with Crippen LogP contribution >= 0.6 is 15.8 Å². The van der Waals surface area contributed by atoms with Gasteiger partial charge in [0.2, 0.25) is 0 Å². The molecule has 0 bridgehead atoms. The third-order valence-corrected chi connectivity index (χ3v) is 10.2. The molecule has 0 fully saturated rings. The Hall–Kier alpha value is 0.340. The highest BCUT2D eigenvalue weighted by Crippen LogP contribution is 2.68. The maximum absolute atomic E-state index is 4.23. The van der Waals surface area contributed by atoms with E-state index in [0.717, 1.165) is 0 Å². The molecule has 2 heteroatoms. The zero-order valence-corrected chi connectivity index (χ0v) is 14.8. The Morgan fingerprint density at radius 2 is 1.00 bits per heavy atom. The Labute approximate surface area is 111 Å². The van der Waals surface area contributed by atoms with E-state index >= 15 is 0 Å². The molecule has 17 heavy (non-hydrogen) atoms. The second-order valence-corrected chi connectivity index (χ2v) is 13.9. The van der Waals surface area contributed by atoms with Gasteiger partial charge in [0.05, 0.1) is 0 Å². The van der Waals surface area contributed by atoms with Gasteiger partial charge in [-0.1, -0.05) is 81.2 Å². The predicted molar refractivity (Wildman–Crippen MR) is 87.8 cm³/mol. The van der Waals surface area contributed by atoms with Crippen molar-refractivity contribution in [1.29, 1.82) is 0 Å². The maximum atomic E-state index is 4.23. The Bertz CT molecular complexity index is 259. The van der Waals surface area contributed by atoms with Gasteiger partial charge in [-0.05, 0) is 30.1 Å². The lowest BCUT2D eigenvalue weighted by Gasteiger charge is -2.40. The number of rotatable bonds is 4. The molecule has 100 valence electrons. The molecule has 2 atom stereocenters. The Morgan fingerprint density at radius 1 is 0.765 bits per heavy atom. The average molecular weight is 272 g/mol. The summed E-state index contributed by atoms with van der Waals surface area (Å²) in [6.07, 6.45) is 0. The number of hydrogen-bond acceptors (Lipinski definition) is 0. The summed E-state index contributed by atoms with van der Waals surface area (Å²) in [5.74, 6) is 1.29. The van der Waals surface area contributed by atoms with Crippen LogP contribution in [0.4, 0.5) is 0 Å². The van der Waals surface area contributed by atoms with E-state index < -0.39 is 0 Å². The molecule has 2 unspecified atom stereocenters. The van der Waals surface area contributed by atoms with Crippen molar-refractivity contribution in [2.45, 2.75) is 65.7 Å². The van der Waals surface area contributed by atoms with Gasteiger partial charge in [0, 0.05) is 0 Å². The zero-order chi connectivity index (χ0) is 14.0. The van der Waals surface area contributed by atoms with Crippen molar-refractivity contribution >= 4 is 15.8 Å². The van der Waals surface area contributed by atoms with E-state index in [4.69, 9.17) is 0 Å². The third kappa shape index (κ3) is 5.67. The third-order valence-electron chi connectivity index (χ3n) is 2.82. The van der Waals surface area contributed by atoms with Gasteiger partial charge in [-0.3, -0.25) is 0 Å². The molecule has 0 aromatic heterocycles. The first-order chi connectivity index (χ1) is 7.37. The van der Waals surface area contributed by atoms with Crippen LogP contribution < -0.4 is 0 Å². The molecule has 0 amide bonds. The highest BCUT2D eigenvalue weighted by molar-refractivity contribution is 7.79. The van der Waals surface area contributed by atoms with Crippen molar-refractivity contribution in [3.05, 3.63) is 23.8 Å². The van der Waals surface area contributed by atoms with Gasteiger partial charge in [0.15, 0.2) is 0 Å². The minimum Gasteiger partial charge on any atom is -0.0956 e. The first kappa shape index (κ1) is 17.3. The monoisotopic (exact) mass is 272 g/mol. The maximum Gasteiger partial charge on any atom is -0.00372 e. The molecule has 0 aliphatic heterocycles. The van der Waals surface area contributed by atoms with Gasteiger partial charge in [-0.15, -0.1) is 0 Å². The highest BCUT2D eigenvalue weighted by Gasteiger charge is 2.32. The van der Waals surface area contributed by atoms with E-state index in [1.54, 1.807) is 0 Å². The Morgan fingerprint density at radius 3 is 1.12 bits per heavy atom. The summed E-state index contributed by atoms with van der Waals surface area (Å²) in [7, 11) is -0.247. The topological polar surface area (TPSA) is 0 Å². The van der Waals surface area contributed by atoms with Gasteiger partial charge >= 0.3 is 0 Å².